The molecule has 4 nitrogen and oxygen atoms in total. The van der Waals surface area contributed by atoms with Crippen LogP contribution in [0.5, 0.6) is 0 Å². The van der Waals surface area contributed by atoms with Crippen molar-refractivity contribution in [1.82, 2.24) is 0 Å². The minimum Gasteiger partial charge on any atom is -0.382 e. The molecule has 26 heavy (non-hydrogen) atoms. The molecule has 7 atom stereocenters. The second kappa shape index (κ2) is 6.36. The molecule has 0 aromatic heterocycles. The number of rotatable bonds is 2. The van der Waals surface area contributed by atoms with Crippen molar-refractivity contribution in [2.45, 2.75) is 95.1 Å². The Labute approximate surface area is 158 Å². The van der Waals surface area contributed by atoms with Gasteiger partial charge in [0.1, 0.15) is 11.7 Å². The molecule has 0 bridgehead atoms. The molecule has 0 spiro atoms. The van der Waals surface area contributed by atoms with Crippen LogP contribution in [-0.2, 0) is 4.74 Å². The second-order valence-electron chi connectivity index (χ2n) is 9.68. The molecule has 0 radical (unpaired) electrons. The van der Waals surface area contributed by atoms with Crippen LogP contribution in [0.2, 0.25) is 0 Å². The Hall–Kier alpha value is -1.36. The standard InChI is InChI=1S/C22H32N2O2/c1-14-8-9-16(18-15(14)10-12-21(4,25)19(18)23-6)22(5)13-11-17(26-22)20(2,3)24-7/h15-19,25H,1,8-13H2,2-5H3/t15-,16+,17+,18+,19-,21-,22-/m1/s1. The van der Waals surface area contributed by atoms with Gasteiger partial charge in [0.05, 0.1) is 5.60 Å². The lowest BCUT2D eigenvalue weighted by Crippen LogP contribution is -2.57. The first-order valence-electron chi connectivity index (χ1n) is 9.89. The van der Waals surface area contributed by atoms with Gasteiger partial charge < -0.3 is 19.5 Å². The third-order valence-corrected chi connectivity index (χ3v) is 7.51. The minimum atomic E-state index is -0.942. The SMILES string of the molecule is [C-]#[N+][C@@H]1[C@H]2[C@H](CC[C@@]1(C)O)C(=C)CC[C@@H]2[C@@]1(C)CC[C@@H](C(C)(C)[N+]#[C-])O1. The summed E-state index contributed by atoms with van der Waals surface area (Å²) in [6, 6.07) is -0.406. The van der Waals surface area contributed by atoms with E-state index in [2.05, 4.69) is 23.2 Å². The normalized spacial score (nSPS) is 46.3. The summed E-state index contributed by atoms with van der Waals surface area (Å²) in [7, 11) is 0. The van der Waals surface area contributed by atoms with Crippen molar-refractivity contribution in [2.24, 2.45) is 17.8 Å². The van der Waals surface area contributed by atoms with E-state index in [1.807, 2.05) is 20.8 Å². The molecule has 1 aliphatic heterocycles. The topological polar surface area (TPSA) is 38.2 Å². The summed E-state index contributed by atoms with van der Waals surface area (Å²) in [4.78, 5) is 7.69. The van der Waals surface area contributed by atoms with Crippen molar-refractivity contribution in [3.63, 3.8) is 0 Å². The van der Waals surface area contributed by atoms with Gasteiger partial charge in [-0.05, 0) is 64.2 Å². The van der Waals surface area contributed by atoms with E-state index < -0.39 is 17.2 Å². The molecule has 1 heterocycles. The summed E-state index contributed by atoms with van der Waals surface area (Å²) in [5.74, 6) is 0.633. The Kier molecular flexibility index (Phi) is 4.75. The molecule has 3 rings (SSSR count). The number of ether oxygens (including phenoxy) is 1. The van der Waals surface area contributed by atoms with Gasteiger partial charge in [-0.15, -0.1) is 0 Å². The zero-order valence-electron chi connectivity index (χ0n) is 16.6. The maximum Gasteiger partial charge on any atom is 0.255 e. The van der Waals surface area contributed by atoms with Crippen LogP contribution >= 0.6 is 0 Å². The zero-order valence-corrected chi connectivity index (χ0v) is 16.6. The largest absolute Gasteiger partial charge is 0.382 e. The zero-order chi connectivity index (χ0) is 19.3. The Bertz CT molecular complexity index is 669. The van der Waals surface area contributed by atoms with E-state index in [0.29, 0.717) is 12.3 Å². The van der Waals surface area contributed by atoms with Crippen LogP contribution in [0, 0.1) is 30.9 Å². The molecular formula is C22H32N2O2. The highest BCUT2D eigenvalue weighted by Gasteiger charge is 2.61. The number of nitrogens with zero attached hydrogens (tertiary/aromatic N) is 2. The van der Waals surface area contributed by atoms with Crippen LogP contribution in [0.4, 0.5) is 0 Å². The number of allylic oxidation sites excluding steroid dienone is 1. The van der Waals surface area contributed by atoms with Gasteiger partial charge >= 0.3 is 0 Å². The van der Waals surface area contributed by atoms with Crippen molar-refractivity contribution in [3.8, 4) is 0 Å². The number of hydrogen-bond donors (Lipinski definition) is 1. The van der Waals surface area contributed by atoms with Crippen molar-refractivity contribution >= 4 is 0 Å². The lowest BCUT2D eigenvalue weighted by atomic mass is 9.55. The van der Waals surface area contributed by atoms with Crippen LogP contribution < -0.4 is 0 Å². The summed E-state index contributed by atoms with van der Waals surface area (Å²) in [6.07, 6.45) is 5.26. The Morgan fingerprint density at radius 3 is 2.50 bits per heavy atom. The molecule has 142 valence electrons. The van der Waals surface area contributed by atoms with Crippen molar-refractivity contribution < 1.29 is 9.84 Å². The molecule has 0 aromatic carbocycles. The lowest BCUT2D eigenvalue weighted by molar-refractivity contribution is -0.130. The van der Waals surface area contributed by atoms with Gasteiger partial charge in [0.25, 0.3) is 11.6 Å². The third kappa shape index (κ3) is 2.98. The van der Waals surface area contributed by atoms with E-state index in [4.69, 9.17) is 17.9 Å². The van der Waals surface area contributed by atoms with E-state index in [9.17, 15) is 5.11 Å². The Morgan fingerprint density at radius 2 is 1.88 bits per heavy atom. The molecule has 2 aliphatic carbocycles. The monoisotopic (exact) mass is 356 g/mol. The van der Waals surface area contributed by atoms with E-state index in [-0.39, 0.29) is 23.5 Å². The van der Waals surface area contributed by atoms with Gasteiger partial charge in [0.15, 0.2) is 0 Å². The predicted octanol–water partition coefficient (Wildman–Crippen LogP) is 4.65. The third-order valence-electron chi connectivity index (χ3n) is 7.51. The van der Waals surface area contributed by atoms with E-state index in [1.54, 1.807) is 0 Å². The van der Waals surface area contributed by atoms with Crippen LogP contribution in [0.3, 0.4) is 0 Å². The van der Waals surface area contributed by atoms with E-state index in [0.717, 1.165) is 32.1 Å². The number of fused-ring (bicyclic) bond motifs is 1. The highest BCUT2D eigenvalue weighted by molar-refractivity contribution is 5.20. The summed E-state index contributed by atoms with van der Waals surface area (Å²) in [6.45, 7) is 27.5. The molecular weight excluding hydrogens is 324 g/mol. The first-order valence-corrected chi connectivity index (χ1v) is 9.89. The molecule has 1 N–H and O–H groups in total. The summed E-state index contributed by atoms with van der Waals surface area (Å²) < 4.78 is 6.56. The van der Waals surface area contributed by atoms with E-state index in [1.165, 1.54) is 5.57 Å². The fourth-order valence-corrected chi connectivity index (χ4v) is 5.76. The fraction of sp³-hybridized carbons (Fsp3) is 0.818. The first kappa shape index (κ1) is 19.4. The number of aliphatic hydroxyl groups is 1. The predicted molar refractivity (Wildman–Crippen MR) is 102 cm³/mol. The van der Waals surface area contributed by atoms with Crippen LogP contribution in [-0.4, -0.2) is 34.0 Å². The summed E-state index contributed by atoms with van der Waals surface area (Å²) >= 11 is 0. The Morgan fingerprint density at radius 1 is 1.19 bits per heavy atom. The summed E-state index contributed by atoms with van der Waals surface area (Å²) in [5.41, 5.74) is -0.544. The smallest absolute Gasteiger partial charge is 0.255 e. The van der Waals surface area contributed by atoms with Gasteiger partial charge in [-0.1, -0.05) is 12.2 Å². The van der Waals surface area contributed by atoms with Gasteiger partial charge in [0.2, 0.25) is 0 Å². The van der Waals surface area contributed by atoms with Gasteiger partial charge in [0, 0.05) is 19.8 Å². The maximum atomic E-state index is 10.9. The van der Waals surface area contributed by atoms with Crippen LogP contribution in [0.1, 0.15) is 66.2 Å². The quantitative estimate of drug-likeness (QED) is 0.577. The molecule has 4 heteroatoms. The highest BCUT2D eigenvalue weighted by atomic mass is 16.5. The first-order chi connectivity index (χ1) is 12.1. The fourth-order valence-electron chi connectivity index (χ4n) is 5.76. The maximum absolute atomic E-state index is 10.9. The van der Waals surface area contributed by atoms with Crippen molar-refractivity contribution in [2.75, 3.05) is 0 Å². The average Bonchev–Trinajstić information content (AvgIpc) is 2.98. The molecule has 1 saturated heterocycles. The minimum absolute atomic E-state index is 0.0657. The molecule has 0 unspecified atom stereocenters. The van der Waals surface area contributed by atoms with Crippen molar-refractivity contribution in [3.05, 3.63) is 35.0 Å². The number of hydrogen-bond acceptors (Lipinski definition) is 2. The van der Waals surface area contributed by atoms with Gasteiger partial charge in [-0.3, -0.25) is 0 Å². The molecule has 0 aromatic rings. The van der Waals surface area contributed by atoms with E-state index >= 15 is 0 Å². The average molecular weight is 357 g/mol. The second-order valence-corrected chi connectivity index (χ2v) is 9.68. The van der Waals surface area contributed by atoms with Crippen LogP contribution in [0.25, 0.3) is 9.69 Å². The molecule has 3 fully saturated rings. The Balaban J connectivity index is 1.93. The molecule has 2 saturated carbocycles. The summed E-state index contributed by atoms with van der Waals surface area (Å²) in [5, 5.41) is 10.9. The molecule has 0 amide bonds. The molecule has 3 aliphatic rings. The van der Waals surface area contributed by atoms with Gasteiger partial charge in [-0.25, -0.2) is 13.1 Å². The van der Waals surface area contributed by atoms with Gasteiger partial charge in [-0.2, -0.15) is 0 Å². The van der Waals surface area contributed by atoms with Crippen molar-refractivity contribution in [1.29, 1.82) is 0 Å². The highest BCUT2D eigenvalue weighted by Crippen LogP contribution is 2.56. The van der Waals surface area contributed by atoms with Crippen LogP contribution in [0.15, 0.2) is 12.2 Å². The lowest BCUT2D eigenvalue weighted by Gasteiger charge is -2.51.